The van der Waals surface area contributed by atoms with E-state index < -0.39 is 0 Å². The lowest BCUT2D eigenvalue weighted by Crippen LogP contribution is -2.26. The Bertz CT molecular complexity index is 614. The van der Waals surface area contributed by atoms with E-state index in [-0.39, 0.29) is 5.91 Å². The second-order valence-corrected chi connectivity index (χ2v) is 6.55. The van der Waals surface area contributed by atoms with Crippen LogP contribution in [0.5, 0.6) is 0 Å². The van der Waals surface area contributed by atoms with Gasteiger partial charge in [0.05, 0.1) is 22.6 Å². The van der Waals surface area contributed by atoms with Crippen molar-refractivity contribution in [2.75, 3.05) is 11.9 Å². The largest absolute Gasteiger partial charge is 0.308 e. The van der Waals surface area contributed by atoms with Crippen molar-refractivity contribution in [2.24, 2.45) is 13.0 Å². The van der Waals surface area contributed by atoms with Gasteiger partial charge in [0.25, 0.3) is 5.91 Å². The number of carbonyl (C=O) groups excluding carboxylic acids is 1. The van der Waals surface area contributed by atoms with Gasteiger partial charge in [-0.05, 0) is 19.3 Å². The topological polar surface area (TPSA) is 51.0 Å². The van der Waals surface area contributed by atoms with Gasteiger partial charge in [0, 0.05) is 20.3 Å². The Balaban J connectivity index is 2.28. The number of anilines is 1. The fraction of sp³-hybridized carbons (Fsp3) is 0.500. The Hall–Kier alpha value is -1.69. The third kappa shape index (κ3) is 3.07. The summed E-state index contributed by atoms with van der Waals surface area (Å²) >= 11 is 1.46. The standard InChI is InChI=1S/C14H20N4OS/c1-9(2)6-12-13(20-10(3)16-12)14(19)18(5)11-7-15-17(4)8-11/h7-9H,6H2,1-5H3. The molecule has 0 fully saturated rings. The van der Waals surface area contributed by atoms with E-state index >= 15 is 0 Å². The molecule has 0 atom stereocenters. The summed E-state index contributed by atoms with van der Waals surface area (Å²) in [6, 6.07) is 0. The monoisotopic (exact) mass is 292 g/mol. The van der Waals surface area contributed by atoms with E-state index in [1.165, 1.54) is 11.3 Å². The molecule has 2 aromatic heterocycles. The molecule has 0 aliphatic heterocycles. The Morgan fingerprint density at radius 3 is 2.75 bits per heavy atom. The summed E-state index contributed by atoms with van der Waals surface area (Å²) in [5.74, 6) is 0.464. The van der Waals surface area contributed by atoms with Gasteiger partial charge >= 0.3 is 0 Å². The first-order valence-corrected chi connectivity index (χ1v) is 7.43. The average Bonchev–Trinajstić information content (AvgIpc) is 2.93. The molecule has 0 aliphatic rings. The SMILES string of the molecule is Cc1nc(CC(C)C)c(C(=O)N(C)c2cnn(C)c2)s1. The molecule has 2 rings (SSSR count). The number of carbonyl (C=O) groups is 1. The molecule has 0 aliphatic carbocycles. The summed E-state index contributed by atoms with van der Waals surface area (Å²) in [5, 5.41) is 5.03. The van der Waals surface area contributed by atoms with Gasteiger partial charge in [-0.15, -0.1) is 11.3 Å². The second-order valence-electron chi connectivity index (χ2n) is 5.34. The number of hydrogen-bond donors (Lipinski definition) is 0. The van der Waals surface area contributed by atoms with Crippen molar-refractivity contribution in [3.63, 3.8) is 0 Å². The van der Waals surface area contributed by atoms with Crippen LogP contribution in [0.2, 0.25) is 0 Å². The van der Waals surface area contributed by atoms with E-state index in [2.05, 4.69) is 23.9 Å². The molecule has 6 heteroatoms. The van der Waals surface area contributed by atoms with Gasteiger partial charge in [-0.1, -0.05) is 13.8 Å². The van der Waals surface area contributed by atoms with Crippen LogP contribution >= 0.6 is 11.3 Å². The lowest BCUT2D eigenvalue weighted by Gasteiger charge is -2.14. The first-order chi connectivity index (χ1) is 9.38. The van der Waals surface area contributed by atoms with Gasteiger partial charge in [0.15, 0.2) is 0 Å². The highest BCUT2D eigenvalue weighted by molar-refractivity contribution is 7.13. The molecule has 1 amide bonds. The van der Waals surface area contributed by atoms with Crippen molar-refractivity contribution in [3.05, 3.63) is 28.0 Å². The van der Waals surface area contributed by atoms with Crippen LogP contribution in [0.3, 0.4) is 0 Å². The molecule has 20 heavy (non-hydrogen) atoms. The number of aromatic nitrogens is 3. The van der Waals surface area contributed by atoms with Crippen LogP contribution in [0.4, 0.5) is 5.69 Å². The molecule has 0 bridgehead atoms. The van der Waals surface area contributed by atoms with Crippen molar-refractivity contribution in [1.82, 2.24) is 14.8 Å². The van der Waals surface area contributed by atoms with Gasteiger partial charge in [0.2, 0.25) is 0 Å². The number of hydrogen-bond acceptors (Lipinski definition) is 4. The van der Waals surface area contributed by atoms with Gasteiger partial charge < -0.3 is 4.90 Å². The maximum atomic E-state index is 12.6. The number of thiazole rings is 1. The van der Waals surface area contributed by atoms with Crippen LogP contribution in [-0.2, 0) is 13.5 Å². The summed E-state index contributed by atoms with van der Waals surface area (Å²) in [6.45, 7) is 6.21. The van der Waals surface area contributed by atoms with Crippen LogP contribution in [-0.4, -0.2) is 27.7 Å². The predicted molar refractivity (Wildman–Crippen MR) is 81.3 cm³/mol. The molecule has 0 radical (unpaired) electrons. The van der Waals surface area contributed by atoms with Crippen LogP contribution in [0, 0.1) is 12.8 Å². The molecule has 5 nitrogen and oxygen atoms in total. The molecular formula is C14H20N4OS. The fourth-order valence-corrected chi connectivity index (χ4v) is 2.94. The van der Waals surface area contributed by atoms with E-state index in [9.17, 15) is 4.79 Å². The second kappa shape index (κ2) is 5.75. The zero-order valence-corrected chi connectivity index (χ0v) is 13.4. The van der Waals surface area contributed by atoms with Gasteiger partial charge in [-0.2, -0.15) is 5.10 Å². The Morgan fingerprint density at radius 1 is 1.50 bits per heavy atom. The van der Waals surface area contributed by atoms with Crippen molar-refractivity contribution in [2.45, 2.75) is 27.2 Å². The van der Waals surface area contributed by atoms with Crippen LogP contribution in [0.15, 0.2) is 12.4 Å². The van der Waals surface area contributed by atoms with Crippen LogP contribution in [0.1, 0.15) is 34.2 Å². The Kier molecular flexibility index (Phi) is 4.23. The summed E-state index contributed by atoms with van der Waals surface area (Å²) in [5.41, 5.74) is 1.70. The van der Waals surface area contributed by atoms with Crippen molar-refractivity contribution >= 4 is 22.9 Å². The minimum atomic E-state index is -0.0146. The molecule has 0 aromatic carbocycles. The van der Waals surface area contributed by atoms with Crippen LogP contribution < -0.4 is 4.90 Å². The maximum Gasteiger partial charge on any atom is 0.270 e. The first-order valence-electron chi connectivity index (χ1n) is 6.61. The average molecular weight is 292 g/mol. The third-order valence-corrected chi connectivity index (χ3v) is 3.98. The van der Waals surface area contributed by atoms with Crippen molar-refractivity contribution in [3.8, 4) is 0 Å². The lowest BCUT2D eigenvalue weighted by atomic mass is 10.1. The van der Waals surface area contributed by atoms with Crippen molar-refractivity contribution < 1.29 is 4.79 Å². The first kappa shape index (κ1) is 14.7. The zero-order chi connectivity index (χ0) is 14.9. The molecule has 0 saturated heterocycles. The predicted octanol–water partition coefficient (Wildman–Crippen LogP) is 2.66. The van der Waals surface area contributed by atoms with E-state index in [4.69, 9.17) is 0 Å². The molecule has 2 heterocycles. The highest BCUT2D eigenvalue weighted by Crippen LogP contribution is 2.24. The molecule has 0 unspecified atom stereocenters. The van der Waals surface area contributed by atoms with E-state index in [1.54, 1.807) is 22.8 Å². The van der Waals surface area contributed by atoms with E-state index in [0.717, 1.165) is 27.7 Å². The van der Waals surface area contributed by atoms with E-state index in [1.807, 2.05) is 20.2 Å². The highest BCUT2D eigenvalue weighted by atomic mass is 32.1. The lowest BCUT2D eigenvalue weighted by molar-refractivity contribution is 0.0995. The summed E-state index contributed by atoms with van der Waals surface area (Å²) in [4.78, 5) is 19.5. The normalized spacial score (nSPS) is 11.1. The Morgan fingerprint density at radius 2 is 2.20 bits per heavy atom. The molecule has 2 aromatic rings. The minimum absolute atomic E-state index is 0.0146. The summed E-state index contributed by atoms with van der Waals surface area (Å²) in [6.07, 6.45) is 4.34. The quantitative estimate of drug-likeness (QED) is 0.870. The molecule has 108 valence electrons. The molecule has 0 N–H and O–H groups in total. The van der Waals surface area contributed by atoms with Gasteiger partial charge in [-0.25, -0.2) is 4.98 Å². The number of rotatable bonds is 4. The molecule has 0 saturated carbocycles. The maximum absolute atomic E-state index is 12.6. The third-order valence-electron chi connectivity index (χ3n) is 2.98. The van der Waals surface area contributed by atoms with Gasteiger partial charge in [0.1, 0.15) is 4.88 Å². The highest BCUT2D eigenvalue weighted by Gasteiger charge is 2.22. The fourth-order valence-electron chi connectivity index (χ4n) is 2.01. The molecular weight excluding hydrogens is 272 g/mol. The Labute approximate surface area is 123 Å². The number of aryl methyl sites for hydroxylation is 2. The number of amides is 1. The van der Waals surface area contributed by atoms with Gasteiger partial charge in [-0.3, -0.25) is 9.48 Å². The molecule has 0 spiro atoms. The zero-order valence-electron chi connectivity index (χ0n) is 12.5. The number of nitrogens with zero attached hydrogens (tertiary/aromatic N) is 4. The smallest absolute Gasteiger partial charge is 0.270 e. The van der Waals surface area contributed by atoms with Crippen LogP contribution in [0.25, 0.3) is 0 Å². The van der Waals surface area contributed by atoms with E-state index in [0.29, 0.717) is 5.92 Å². The summed E-state index contributed by atoms with van der Waals surface area (Å²) < 4.78 is 1.69. The van der Waals surface area contributed by atoms with Crippen molar-refractivity contribution in [1.29, 1.82) is 0 Å². The summed E-state index contributed by atoms with van der Waals surface area (Å²) in [7, 11) is 3.61. The minimum Gasteiger partial charge on any atom is -0.308 e.